The number of aliphatic hydroxyl groups excluding tert-OH is 1. The van der Waals surface area contributed by atoms with Crippen molar-refractivity contribution in [3.05, 3.63) is 101 Å². The number of anilines is 1. The molecule has 1 heterocycles. The predicted octanol–water partition coefficient (Wildman–Crippen LogP) is 9.30. The molecule has 0 radical (unpaired) electrons. The van der Waals surface area contributed by atoms with E-state index in [-0.39, 0.29) is 35.5 Å². The van der Waals surface area contributed by atoms with Crippen LogP contribution in [-0.4, -0.2) is 51.7 Å². The number of aliphatic hydroxyl groups is 2. The first kappa shape index (κ1) is 35.4. The van der Waals surface area contributed by atoms with E-state index in [0.717, 1.165) is 47.4 Å². The summed E-state index contributed by atoms with van der Waals surface area (Å²) in [7, 11) is 0. The number of hydrogen-bond acceptors (Lipinski definition) is 5. The number of amides is 2. The molecule has 7 aliphatic carbocycles. The van der Waals surface area contributed by atoms with Crippen LogP contribution in [0.4, 0.5) is 10.5 Å². The molecular weight excluding hydrogens is 649 g/mol. The molecule has 2 aromatic carbocycles. The first-order chi connectivity index (χ1) is 25.0. The third kappa shape index (κ3) is 6.80. The summed E-state index contributed by atoms with van der Waals surface area (Å²) in [6.07, 6.45) is 15.4. The van der Waals surface area contributed by atoms with Crippen molar-refractivity contribution < 1.29 is 24.2 Å². The first-order valence-corrected chi connectivity index (χ1v) is 19.9. The predicted molar refractivity (Wildman–Crippen MR) is 203 cm³/mol. The number of carbonyl (C=O) groups is 2. The highest BCUT2D eigenvalue weighted by atomic mass is 16.3. The lowest BCUT2D eigenvalue weighted by molar-refractivity contribution is -0.0975. The van der Waals surface area contributed by atoms with E-state index in [2.05, 4.69) is 37.4 Å². The summed E-state index contributed by atoms with van der Waals surface area (Å²) in [4.78, 5) is 30.6. The number of allylic oxidation sites excluding steroid dienone is 2. The van der Waals surface area contributed by atoms with Gasteiger partial charge in [-0.3, -0.25) is 4.79 Å². The number of urea groups is 1. The number of furan rings is 1. The molecule has 5 fully saturated rings. The van der Waals surface area contributed by atoms with Gasteiger partial charge in [-0.15, -0.1) is 0 Å². The molecule has 10 rings (SSSR count). The Morgan fingerprint density at radius 2 is 1.65 bits per heavy atom. The van der Waals surface area contributed by atoms with E-state index in [1.807, 2.05) is 41.3 Å². The second kappa shape index (κ2) is 13.9. The van der Waals surface area contributed by atoms with Gasteiger partial charge in [0.1, 0.15) is 0 Å². The highest BCUT2D eigenvalue weighted by Crippen LogP contribution is 2.62. The highest BCUT2D eigenvalue weighted by molar-refractivity contribution is 6.08. The summed E-state index contributed by atoms with van der Waals surface area (Å²) < 4.78 is 5.62. The zero-order valence-corrected chi connectivity index (χ0v) is 31.0. The lowest BCUT2D eigenvalue weighted by Gasteiger charge is -2.58. The molecule has 6 bridgehead atoms. The zero-order valence-electron chi connectivity index (χ0n) is 31.0. The average molecular weight is 705 g/mol. The maximum Gasteiger partial charge on any atom is 0.321 e. The smallest absolute Gasteiger partial charge is 0.321 e. The molecule has 0 saturated heterocycles. The third-order valence-corrected chi connectivity index (χ3v) is 14.1. The number of nitrogens with zero attached hydrogens (tertiary/aromatic N) is 1. The summed E-state index contributed by atoms with van der Waals surface area (Å²) in [6.45, 7) is 5.25. The molecule has 2 amide bonds. The summed E-state index contributed by atoms with van der Waals surface area (Å²) in [5.74, 6) is 2.25. The van der Waals surface area contributed by atoms with Crippen molar-refractivity contribution in [2.24, 2.45) is 28.6 Å². The Morgan fingerprint density at radius 1 is 0.923 bits per heavy atom. The number of hydrogen-bond donors (Lipinski definition) is 3. The fourth-order valence-corrected chi connectivity index (χ4v) is 11.9. The molecule has 7 aliphatic rings. The van der Waals surface area contributed by atoms with Gasteiger partial charge in [0, 0.05) is 23.2 Å². The van der Waals surface area contributed by atoms with E-state index in [1.54, 1.807) is 12.1 Å². The minimum atomic E-state index is -1.19. The molecule has 4 atom stereocenters. The van der Waals surface area contributed by atoms with Crippen LogP contribution in [0.1, 0.15) is 124 Å². The van der Waals surface area contributed by atoms with Crippen LogP contribution in [0.25, 0.3) is 0 Å². The van der Waals surface area contributed by atoms with Crippen molar-refractivity contribution in [1.82, 2.24) is 4.90 Å². The lowest BCUT2D eigenvalue weighted by atomic mass is 9.49. The second-order valence-corrected chi connectivity index (χ2v) is 17.8. The molecule has 7 heteroatoms. The number of fused-ring (bicyclic) bond motifs is 8. The second-order valence-electron chi connectivity index (χ2n) is 17.8. The molecule has 0 spiro atoms. The van der Waals surface area contributed by atoms with Crippen molar-refractivity contribution in [1.29, 1.82) is 0 Å². The molecule has 3 aromatic rings. The summed E-state index contributed by atoms with van der Waals surface area (Å²) in [5.41, 5.74) is 2.69. The summed E-state index contributed by atoms with van der Waals surface area (Å²) in [5, 5.41) is 27.4. The minimum Gasteiger partial charge on any atom is -0.461 e. The van der Waals surface area contributed by atoms with E-state index in [4.69, 9.17) is 4.42 Å². The van der Waals surface area contributed by atoms with Gasteiger partial charge in [-0.05, 0) is 161 Å². The average Bonchev–Trinajstić information content (AvgIpc) is 3.73. The Hall–Kier alpha value is -3.68. The quantitative estimate of drug-likeness (QED) is 0.168. The van der Waals surface area contributed by atoms with Crippen molar-refractivity contribution in [3.8, 4) is 0 Å². The van der Waals surface area contributed by atoms with Gasteiger partial charge in [0.2, 0.25) is 5.78 Å². The van der Waals surface area contributed by atoms with E-state index < -0.39 is 17.1 Å². The van der Waals surface area contributed by atoms with Crippen LogP contribution in [0.5, 0.6) is 0 Å². The topological polar surface area (TPSA) is 103 Å². The van der Waals surface area contributed by atoms with Crippen LogP contribution in [-0.2, 0) is 6.42 Å². The molecule has 0 aliphatic heterocycles. The number of benzene rings is 2. The molecule has 0 unspecified atom stereocenters. The van der Waals surface area contributed by atoms with Crippen molar-refractivity contribution in [3.63, 3.8) is 0 Å². The van der Waals surface area contributed by atoms with E-state index in [0.29, 0.717) is 44.2 Å². The maximum atomic E-state index is 14.5. The third-order valence-electron chi connectivity index (χ3n) is 14.1. The largest absolute Gasteiger partial charge is 0.461 e. The van der Waals surface area contributed by atoms with Gasteiger partial charge < -0.3 is 24.8 Å². The summed E-state index contributed by atoms with van der Waals surface area (Å²) in [6, 6.07) is 19.0. The van der Waals surface area contributed by atoms with Crippen LogP contribution in [0.3, 0.4) is 0 Å². The van der Waals surface area contributed by atoms with Gasteiger partial charge in [0.25, 0.3) is 0 Å². The fraction of sp³-hybridized carbons (Fsp3) is 0.556. The van der Waals surface area contributed by atoms with Gasteiger partial charge in [0.05, 0.1) is 24.5 Å². The van der Waals surface area contributed by atoms with Gasteiger partial charge in [-0.25, -0.2) is 4.79 Å². The van der Waals surface area contributed by atoms with Gasteiger partial charge >= 0.3 is 6.03 Å². The number of nitrogens with one attached hydrogen (secondary N) is 1. The zero-order chi connectivity index (χ0) is 36.1. The molecule has 3 N–H and O–H groups in total. The number of rotatable bonds is 7. The minimum absolute atomic E-state index is 0.101. The highest BCUT2D eigenvalue weighted by Gasteiger charge is 2.59. The van der Waals surface area contributed by atoms with Crippen LogP contribution in [0, 0.1) is 28.6 Å². The standard InChI is InChI=1S/C45H56N2O5/c1-30-8-6-17-43(2)39(37-15-13-31(23-36(48)14-12-30)24-38(37)41(49)40-11-7-19-52-40)16-18-45(43,51)29-47(42(50)46-35-9-4-3-5-10-35)28-44-25-32-20-33(26-44)22-34(21-32)27-44/h3-5,7-11,13,15,19,24,32-34,36,39,48,51H,6,12,14,16-18,20-23,25-29H2,1-2H3,(H,46,50)/t32?,33?,34?,36-,39-,43-,44?,45+/m0/s1. The van der Waals surface area contributed by atoms with E-state index in [1.165, 1.54) is 50.4 Å². The Labute approximate surface area is 308 Å². The van der Waals surface area contributed by atoms with Gasteiger partial charge in [-0.1, -0.05) is 48.9 Å². The summed E-state index contributed by atoms with van der Waals surface area (Å²) >= 11 is 0. The lowest BCUT2D eigenvalue weighted by Crippen LogP contribution is -2.58. The molecular formula is C45H56N2O5. The van der Waals surface area contributed by atoms with Crippen LogP contribution >= 0.6 is 0 Å². The number of para-hydroxylation sites is 1. The molecule has 5 saturated carbocycles. The number of carbonyl (C=O) groups excluding carboxylic acids is 2. The molecule has 52 heavy (non-hydrogen) atoms. The number of ketones is 1. The van der Waals surface area contributed by atoms with Crippen LogP contribution in [0.15, 0.2) is 83.0 Å². The monoisotopic (exact) mass is 704 g/mol. The van der Waals surface area contributed by atoms with Crippen LogP contribution in [0.2, 0.25) is 0 Å². The van der Waals surface area contributed by atoms with Crippen LogP contribution < -0.4 is 5.32 Å². The SMILES string of the molecule is CC1=CCC[C@@]2(C)[C@@H](CC[C@@]2(O)CN(CC23CC4CC(CC(C4)C2)C3)C(=O)Nc2ccccc2)c2ccc(cc2C(=O)c2ccco2)C[C@@H](O)CC1. The molecule has 276 valence electrons. The van der Waals surface area contributed by atoms with Crippen molar-refractivity contribution >= 4 is 17.5 Å². The molecule has 1 aromatic heterocycles. The normalized spacial score (nSPS) is 34.0. The Morgan fingerprint density at radius 3 is 2.35 bits per heavy atom. The Kier molecular flexibility index (Phi) is 9.48. The maximum absolute atomic E-state index is 14.5. The van der Waals surface area contributed by atoms with Crippen molar-refractivity contribution in [2.75, 3.05) is 18.4 Å². The first-order valence-electron chi connectivity index (χ1n) is 19.9. The van der Waals surface area contributed by atoms with Gasteiger partial charge in [-0.2, -0.15) is 0 Å². The Bertz CT molecular complexity index is 1760. The van der Waals surface area contributed by atoms with Crippen molar-refractivity contribution in [2.45, 2.75) is 115 Å². The fourth-order valence-electron chi connectivity index (χ4n) is 11.9. The molecule has 7 nitrogen and oxygen atoms in total. The Balaban J connectivity index is 1.17. The van der Waals surface area contributed by atoms with E-state index in [9.17, 15) is 19.8 Å². The van der Waals surface area contributed by atoms with E-state index >= 15 is 0 Å². The van der Waals surface area contributed by atoms with Gasteiger partial charge in [0.15, 0.2) is 5.76 Å².